The molecule has 2 heterocycles. The number of halogens is 1. The summed E-state index contributed by atoms with van der Waals surface area (Å²) in [7, 11) is 0. The molecular weight excluding hydrogens is 313 g/mol. The number of aromatic nitrogens is 4. The maximum absolute atomic E-state index is 13.8. The number of rotatable bonds is 4. The van der Waals surface area contributed by atoms with Gasteiger partial charge in [-0.15, -0.1) is 0 Å². The van der Waals surface area contributed by atoms with Gasteiger partial charge >= 0.3 is 0 Å². The van der Waals surface area contributed by atoms with Gasteiger partial charge in [-0.2, -0.15) is 10.1 Å². The van der Waals surface area contributed by atoms with Crippen LogP contribution in [-0.2, 0) is 10.3 Å². The third kappa shape index (κ3) is 3.03. The van der Waals surface area contributed by atoms with Gasteiger partial charge in [0.15, 0.2) is 5.82 Å². The molecule has 0 aliphatic carbocycles. The van der Waals surface area contributed by atoms with E-state index in [0.29, 0.717) is 17.1 Å². The van der Waals surface area contributed by atoms with Gasteiger partial charge in [-0.05, 0) is 26.0 Å². The van der Waals surface area contributed by atoms with Crippen LogP contribution in [0.5, 0.6) is 0 Å². The third-order valence-corrected chi connectivity index (χ3v) is 3.40. The second kappa shape index (κ2) is 5.88. The Kier molecular flexibility index (Phi) is 3.88. The molecule has 0 spiro atoms. The lowest BCUT2D eigenvalue weighted by molar-refractivity contribution is -0.120. The van der Waals surface area contributed by atoms with Crippen LogP contribution in [0.25, 0.3) is 17.1 Å². The van der Waals surface area contributed by atoms with Gasteiger partial charge in [-0.25, -0.2) is 9.07 Å². The predicted molar refractivity (Wildman–Crippen MR) is 83.7 cm³/mol. The number of hydrogen-bond acceptors (Lipinski definition) is 5. The van der Waals surface area contributed by atoms with Crippen molar-refractivity contribution < 1.29 is 13.7 Å². The molecule has 124 valence electrons. The molecule has 0 radical (unpaired) electrons. The quantitative estimate of drug-likeness (QED) is 0.794. The molecule has 0 saturated carbocycles. The Bertz CT molecular complexity index is 884. The number of nitrogens with one attached hydrogen (secondary N) is 1. The van der Waals surface area contributed by atoms with E-state index < -0.39 is 5.54 Å². The fourth-order valence-corrected chi connectivity index (χ4v) is 2.29. The average Bonchev–Trinajstić information content (AvgIpc) is 3.16. The zero-order valence-corrected chi connectivity index (χ0v) is 13.4. The van der Waals surface area contributed by atoms with Crippen LogP contribution in [0.15, 0.2) is 41.2 Å². The van der Waals surface area contributed by atoms with Crippen molar-refractivity contribution >= 4 is 5.91 Å². The summed E-state index contributed by atoms with van der Waals surface area (Å²) in [6.07, 6.45) is 3.11. The van der Waals surface area contributed by atoms with Crippen molar-refractivity contribution in [1.82, 2.24) is 25.2 Å². The van der Waals surface area contributed by atoms with Gasteiger partial charge in [0.05, 0.1) is 17.3 Å². The Hall–Kier alpha value is -3.03. The first-order chi connectivity index (χ1) is 11.4. The lowest BCUT2D eigenvalue weighted by Crippen LogP contribution is -2.40. The van der Waals surface area contributed by atoms with Gasteiger partial charge in [0.25, 0.3) is 5.89 Å². The number of hydrogen-bond donors (Lipinski definition) is 1. The van der Waals surface area contributed by atoms with Crippen LogP contribution in [0, 0.1) is 5.82 Å². The predicted octanol–water partition coefficient (Wildman–Crippen LogP) is 2.43. The summed E-state index contributed by atoms with van der Waals surface area (Å²) in [4.78, 5) is 15.6. The van der Waals surface area contributed by atoms with Crippen LogP contribution in [0.4, 0.5) is 4.39 Å². The van der Waals surface area contributed by atoms with Crippen LogP contribution in [0.3, 0.4) is 0 Å². The topological polar surface area (TPSA) is 85.8 Å². The van der Waals surface area contributed by atoms with Crippen molar-refractivity contribution in [2.75, 3.05) is 0 Å². The van der Waals surface area contributed by atoms with Crippen LogP contribution in [0.1, 0.15) is 26.6 Å². The average molecular weight is 329 g/mol. The molecule has 0 unspecified atom stereocenters. The molecule has 0 bridgehead atoms. The Balaban J connectivity index is 1.89. The number of nitrogens with zero attached hydrogens (tertiary/aromatic N) is 4. The van der Waals surface area contributed by atoms with E-state index in [1.54, 1.807) is 38.2 Å². The first-order valence-corrected chi connectivity index (χ1v) is 7.30. The monoisotopic (exact) mass is 329 g/mol. The van der Waals surface area contributed by atoms with E-state index in [1.165, 1.54) is 23.9 Å². The summed E-state index contributed by atoms with van der Waals surface area (Å²) >= 11 is 0. The van der Waals surface area contributed by atoms with Gasteiger partial charge in [0.2, 0.25) is 5.91 Å². The Morgan fingerprint density at radius 1 is 1.33 bits per heavy atom. The van der Waals surface area contributed by atoms with E-state index in [4.69, 9.17) is 4.52 Å². The summed E-state index contributed by atoms with van der Waals surface area (Å²) in [5.41, 5.74) is 0.104. The summed E-state index contributed by atoms with van der Waals surface area (Å²) in [6.45, 7) is 4.96. The second-order valence-corrected chi connectivity index (χ2v) is 5.85. The summed E-state index contributed by atoms with van der Waals surface area (Å²) in [6, 6.07) is 6.31. The van der Waals surface area contributed by atoms with E-state index in [-0.39, 0.29) is 17.6 Å². The van der Waals surface area contributed by atoms with Crippen LogP contribution >= 0.6 is 0 Å². The Morgan fingerprint density at radius 2 is 2.08 bits per heavy atom. The minimum Gasteiger partial charge on any atom is -0.344 e. The van der Waals surface area contributed by atoms with Crippen molar-refractivity contribution in [3.63, 3.8) is 0 Å². The molecule has 1 N–H and O–H groups in total. The smallest absolute Gasteiger partial charge is 0.261 e. The SMILES string of the molecule is CC(=O)NC(C)(C)c1noc(-c2cnn(-c3ccccc3F)c2)n1. The molecule has 0 saturated heterocycles. The number of para-hydroxylation sites is 1. The fraction of sp³-hybridized carbons (Fsp3) is 0.250. The first-order valence-electron chi connectivity index (χ1n) is 7.30. The van der Waals surface area contributed by atoms with Crippen LogP contribution in [-0.4, -0.2) is 25.8 Å². The highest BCUT2D eigenvalue weighted by Crippen LogP contribution is 2.23. The molecule has 8 heteroatoms. The number of carbonyl (C=O) groups is 1. The van der Waals surface area contributed by atoms with Crippen LogP contribution in [0.2, 0.25) is 0 Å². The first kappa shape index (κ1) is 15.9. The normalized spacial score (nSPS) is 11.5. The van der Waals surface area contributed by atoms with E-state index in [2.05, 4.69) is 20.6 Å². The minimum atomic E-state index is -0.769. The van der Waals surface area contributed by atoms with Gasteiger partial charge in [-0.1, -0.05) is 17.3 Å². The summed E-state index contributed by atoms with van der Waals surface area (Å²) < 4.78 is 20.5. The summed E-state index contributed by atoms with van der Waals surface area (Å²) in [5, 5.41) is 10.8. The number of amides is 1. The molecular formula is C16H16FN5O2. The molecule has 7 nitrogen and oxygen atoms in total. The van der Waals surface area contributed by atoms with Crippen molar-refractivity contribution in [3.8, 4) is 17.1 Å². The summed E-state index contributed by atoms with van der Waals surface area (Å²) in [5.74, 6) is 0.00115. The Morgan fingerprint density at radius 3 is 2.79 bits per heavy atom. The van der Waals surface area contributed by atoms with Crippen molar-refractivity contribution in [2.24, 2.45) is 0 Å². The van der Waals surface area contributed by atoms with E-state index in [0.717, 1.165) is 0 Å². The van der Waals surface area contributed by atoms with Gasteiger partial charge in [0, 0.05) is 13.1 Å². The number of carbonyl (C=O) groups excluding carboxylic acids is 1. The highest BCUT2D eigenvalue weighted by molar-refractivity contribution is 5.73. The molecule has 3 aromatic rings. The molecule has 1 amide bonds. The highest BCUT2D eigenvalue weighted by atomic mass is 19.1. The zero-order chi connectivity index (χ0) is 17.3. The molecule has 0 fully saturated rings. The van der Waals surface area contributed by atoms with Gasteiger partial charge < -0.3 is 9.84 Å². The van der Waals surface area contributed by atoms with E-state index in [1.807, 2.05) is 0 Å². The Labute approximate surface area is 137 Å². The molecule has 0 aliphatic heterocycles. The van der Waals surface area contributed by atoms with Crippen molar-refractivity contribution in [2.45, 2.75) is 26.3 Å². The maximum atomic E-state index is 13.8. The molecule has 0 atom stereocenters. The zero-order valence-electron chi connectivity index (χ0n) is 13.4. The highest BCUT2D eigenvalue weighted by Gasteiger charge is 2.28. The maximum Gasteiger partial charge on any atom is 0.261 e. The molecule has 24 heavy (non-hydrogen) atoms. The van der Waals surface area contributed by atoms with Crippen molar-refractivity contribution in [3.05, 3.63) is 48.3 Å². The molecule has 1 aromatic carbocycles. The van der Waals surface area contributed by atoms with Gasteiger partial charge in [0.1, 0.15) is 11.5 Å². The third-order valence-electron chi connectivity index (χ3n) is 3.40. The largest absolute Gasteiger partial charge is 0.344 e. The van der Waals surface area contributed by atoms with E-state index in [9.17, 15) is 9.18 Å². The van der Waals surface area contributed by atoms with E-state index >= 15 is 0 Å². The second-order valence-electron chi connectivity index (χ2n) is 5.85. The molecule has 3 rings (SSSR count). The lowest BCUT2D eigenvalue weighted by Gasteiger charge is -2.20. The molecule has 2 aromatic heterocycles. The van der Waals surface area contributed by atoms with Crippen molar-refractivity contribution in [1.29, 1.82) is 0 Å². The fourth-order valence-electron chi connectivity index (χ4n) is 2.29. The standard InChI is InChI=1S/C16H16FN5O2/c1-10(23)20-16(2,3)15-19-14(24-21-15)11-8-18-22(9-11)13-7-5-4-6-12(13)17/h4-9H,1-3H3,(H,20,23). The lowest BCUT2D eigenvalue weighted by atomic mass is 10.1. The van der Waals surface area contributed by atoms with Crippen LogP contribution < -0.4 is 5.32 Å². The number of benzene rings is 1. The molecule has 0 aliphatic rings. The van der Waals surface area contributed by atoms with Gasteiger partial charge in [-0.3, -0.25) is 4.79 Å². The minimum absolute atomic E-state index is 0.196.